The van der Waals surface area contributed by atoms with Crippen LogP contribution in [0.1, 0.15) is 24.2 Å². The molecule has 2 aromatic rings. The first-order chi connectivity index (χ1) is 10.7. The SMILES string of the molecule is COc1cccc(CCC(=O)NC2CCn3ccnc3C2)c1. The van der Waals surface area contributed by atoms with Gasteiger partial charge in [-0.05, 0) is 30.5 Å². The highest BCUT2D eigenvalue weighted by atomic mass is 16.5. The minimum absolute atomic E-state index is 0.104. The van der Waals surface area contributed by atoms with Gasteiger partial charge in [0.25, 0.3) is 0 Å². The van der Waals surface area contributed by atoms with Gasteiger partial charge < -0.3 is 14.6 Å². The zero-order chi connectivity index (χ0) is 15.4. The topological polar surface area (TPSA) is 56.1 Å². The van der Waals surface area contributed by atoms with Gasteiger partial charge in [0.15, 0.2) is 0 Å². The number of methoxy groups -OCH3 is 1. The van der Waals surface area contributed by atoms with E-state index >= 15 is 0 Å². The van der Waals surface area contributed by atoms with Crippen LogP contribution < -0.4 is 10.1 Å². The molecule has 0 spiro atoms. The highest BCUT2D eigenvalue weighted by Crippen LogP contribution is 2.15. The number of fused-ring (bicyclic) bond motifs is 1. The van der Waals surface area contributed by atoms with Crippen LogP contribution in [0.15, 0.2) is 36.7 Å². The van der Waals surface area contributed by atoms with Gasteiger partial charge in [0.2, 0.25) is 5.91 Å². The Morgan fingerprint density at radius 3 is 3.27 bits per heavy atom. The van der Waals surface area contributed by atoms with E-state index in [1.165, 1.54) is 0 Å². The van der Waals surface area contributed by atoms with Gasteiger partial charge in [0, 0.05) is 37.8 Å². The van der Waals surface area contributed by atoms with E-state index < -0.39 is 0 Å². The summed E-state index contributed by atoms with van der Waals surface area (Å²) in [7, 11) is 1.65. The summed E-state index contributed by atoms with van der Waals surface area (Å²) in [6.07, 6.45) is 6.83. The highest BCUT2D eigenvalue weighted by Gasteiger charge is 2.20. The zero-order valence-electron chi connectivity index (χ0n) is 12.8. The summed E-state index contributed by atoms with van der Waals surface area (Å²) in [6, 6.07) is 8.06. The first-order valence-corrected chi connectivity index (χ1v) is 7.67. The van der Waals surface area contributed by atoms with Gasteiger partial charge in [-0.1, -0.05) is 12.1 Å². The number of nitrogens with zero attached hydrogens (tertiary/aromatic N) is 2. The smallest absolute Gasteiger partial charge is 0.220 e. The minimum Gasteiger partial charge on any atom is -0.497 e. The van der Waals surface area contributed by atoms with Crippen molar-refractivity contribution in [3.05, 3.63) is 48.0 Å². The fraction of sp³-hybridized carbons (Fsp3) is 0.412. The lowest BCUT2D eigenvalue weighted by molar-refractivity contribution is -0.121. The first-order valence-electron chi connectivity index (χ1n) is 7.67. The van der Waals surface area contributed by atoms with E-state index in [0.717, 1.165) is 42.9 Å². The summed E-state index contributed by atoms with van der Waals surface area (Å²) in [5.41, 5.74) is 1.12. The Balaban J connectivity index is 1.49. The number of aromatic nitrogens is 2. The van der Waals surface area contributed by atoms with Crippen LogP contribution in [0, 0.1) is 0 Å². The molecule has 5 nitrogen and oxygen atoms in total. The number of ether oxygens (including phenoxy) is 1. The average Bonchev–Trinajstić information content (AvgIpc) is 3.01. The molecule has 0 radical (unpaired) electrons. The summed E-state index contributed by atoms with van der Waals surface area (Å²) < 4.78 is 7.35. The van der Waals surface area contributed by atoms with Gasteiger partial charge in [0.1, 0.15) is 11.6 Å². The lowest BCUT2D eigenvalue weighted by Crippen LogP contribution is -2.40. The number of hydrogen-bond donors (Lipinski definition) is 1. The van der Waals surface area contributed by atoms with Crippen LogP contribution in [0.4, 0.5) is 0 Å². The van der Waals surface area contributed by atoms with Gasteiger partial charge in [0.05, 0.1) is 7.11 Å². The van der Waals surface area contributed by atoms with Crippen LogP contribution in [0.5, 0.6) is 5.75 Å². The minimum atomic E-state index is 0.104. The quantitative estimate of drug-likeness (QED) is 0.918. The molecule has 1 amide bonds. The lowest BCUT2D eigenvalue weighted by Gasteiger charge is -2.24. The molecule has 3 rings (SSSR count). The molecule has 1 aliphatic rings. The molecule has 1 N–H and O–H groups in total. The summed E-state index contributed by atoms with van der Waals surface area (Å²) in [6.45, 7) is 0.927. The molecule has 1 aromatic heterocycles. The third kappa shape index (κ3) is 3.47. The van der Waals surface area contributed by atoms with Crippen molar-refractivity contribution in [2.24, 2.45) is 0 Å². The molecular weight excluding hydrogens is 278 g/mol. The molecule has 0 aliphatic carbocycles. The fourth-order valence-corrected chi connectivity index (χ4v) is 2.86. The number of aryl methyl sites for hydroxylation is 2. The number of rotatable bonds is 5. The van der Waals surface area contributed by atoms with Crippen molar-refractivity contribution < 1.29 is 9.53 Å². The Bertz CT molecular complexity index is 651. The van der Waals surface area contributed by atoms with E-state index in [4.69, 9.17) is 4.74 Å². The number of amides is 1. The molecule has 0 saturated carbocycles. The molecule has 22 heavy (non-hydrogen) atoms. The van der Waals surface area contributed by atoms with E-state index in [1.807, 2.05) is 36.7 Å². The van der Waals surface area contributed by atoms with Gasteiger partial charge in [-0.2, -0.15) is 0 Å². The summed E-state index contributed by atoms with van der Waals surface area (Å²) in [5.74, 6) is 1.99. The van der Waals surface area contributed by atoms with Crippen molar-refractivity contribution in [1.82, 2.24) is 14.9 Å². The number of benzene rings is 1. The summed E-state index contributed by atoms with van der Waals surface area (Å²) in [4.78, 5) is 16.4. The van der Waals surface area contributed by atoms with Crippen molar-refractivity contribution in [3.8, 4) is 5.75 Å². The maximum Gasteiger partial charge on any atom is 0.220 e. The number of imidazole rings is 1. The number of hydrogen-bond acceptors (Lipinski definition) is 3. The van der Waals surface area contributed by atoms with Crippen LogP contribution in [-0.4, -0.2) is 28.6 Å². The molecule has 1 aromatic carbocycles. The van der Waals surface area contributed by atoms with Crippen LogP contribution in [0.3, 0.4) is 0 Å². The largest absolute Gasteiger partial charge is 0.497 e. The fourth-order valence-electron chi connectivity index (χ4n) is 2.86. The predicted molar refractivity (Wildman–Crippen MR) is 83.8 cm³/mol. The molecule has 1 aliphatic heterocycles. The number of carbonyl (C=O) groups is 1. The average molecular weight is 299 g/mol. The summed E-state index contributed by atoms with van der Waals surface area (Å²) in [5, 5.41) is 3.12. The van der Waals surface area contributed by atoms with Crippen LogP contribution in [-0.2, 0) is 24.2 Å². The van der Waals surface area contributed by atoms with Gasteiger partial charge in [-0.3, -0.25) is 4.79 Å². The van der Waals surface area contributed by atoms with E-state index in [9.17, 15) is 4.79 Å². The highest BCUT2D eigenvalue weighted by molar-refractivity contribution is 5.76. The molecule has 2 heterocycles. The second kappa shape index (κ2) is 6.64. The Hall–Kier alpha value is -2.30. The monoisotopic (exact) mass is 299 g/mol. The zero-order valence-corrected chi connectivity index (χ0v) is 12.8. The third-order valence-corrected chi connectivity index (χ3v) is 4.09. The molecule has 0 bridgehead atoms. The van der Waals surface area contributed by atoms with E-state index in [-0.39, 0.29) is 11.9 Å². The van der Waals surface area contributed by atoms with Crippen molar-refractivity contribution in [3.63, 3.8) is 0 Å². The molecule has 1 atom stereocenters. The first kappa shape index (κ1) is 14.6. The number of nitrogens with one attached hydrogen (secondary N) is 1. The molecule has 0 saturated heterocycles. The molecule has 116 valence electrons. The lowest BCUT2D eigenvalue weighted by atomic mass is 10.1. The van der Waals surface area contributed by atoms with Crippen LogP contribution >= 0.6 is 0 Å². The second-order valence-electron chi connectivity index (χ2n) is 5.65. The Morgan fingerprint density at radius 1 is 1.50 bits per heavy atom. The Labute approximate surface area is 130 Å². The Morgan fingerprint density at radius 2 is 2.41 bits per heavy atom. The van der Waals surface area contributed by atoms with E-state index in [1.54, 1.807) is 7.11 Å². The maximum atomic E-state index is 12.1. The Kier molecular flexibility index (Phi) is 4.42. The molecular formula is C17H21N3O2. The van der Waals surface area contributed by atoms with Gasteiger partial charge in [-0.15, -0.1) is 0 Å². The van der Waals surface area contributed by atoms with Crippen LogP contribution in [0.25, 0.3) is 0 Å². The molecule has 1 unspecified atom stereocenters. The van der Waals surface area contributed by atoms with Crippen molar-refractivity contribution >= 4 is 5.91 Å². The standard InChI is InChI=1S/C17H21N3O2/c1-22-15-4-2-3-13(11-15)5-6-17(21)19-14-7-9-20-10-8-18-16(20)12-14/h2-4,8,10-11,14H,5-7,9,12H2,1H3,(H,19,21). The predicted octanol–water partition coefficient (Wildman–Crippen LogP) is 1.96. The van der Waals surface area contributed by atoms with Crippen molar-refractivity contribution in [1.29, 1.82) is 0 Å². The second-order valence-corrected chi connectivity index (χ2v) is 5.65. The summed E-state index contributed by atoms with van der Waals surface area (Å²) >= 11 is 0. The van der Waals surface area contributed by atoms with Gasteiger partial charge in [-0.25, -0.2) is 4.98 Å². The molecule has 5 heteroatoms. The molecule has 0 fully saturated rings. The number of carbonyl (C=O) groups excluding carboxylic acids is 1. The van der Waals surface area contributed by atoms with Crippen molar-refractivity contribution in [2.45, 2.75) is 38.3 Å². The third-order valence-electron chi connectivity index (χ3n) is 4.09. The van der Waals surface area contributed by atoms with Gasteiger partial charge >= 0.3 is 0 Å². The van der Waals surface area contributed by atoms with Crippen LogP contribution in [0.2, 0.25) is 0 Å². The normalized spacial score (nSPS) is 16.9. The maximum absolute atomic E-state index is 12.1. The van der Waals surface area contributed by atoms with E-state index in [0.29, 0.717) is 6.42 Å². The van der Waals surface area contributed by atoms with E-state index in [2.05, 4.69) is 14.9 Å². The van der Waals surface area contributed by atoms with Crippen molar-refractivity contribution in [2.75, 3.05) is 7.11 Å².